The second-order valence-electron chi connectivity index (χ2n) is 20.0. The number of rotatable bonds is 18. The normalized spacial score (nSPS) is 16.4. The first-order valence-electron chi connectivity index (χ1n) is 25.8. The molecule has 3 aromatic heterocycles. The van der Waals surface area contributed by atoms with E-state index in [1.165, 1.54) is 40.2 Å². The molecule has 7 aromatic rings. The van der Waals surface area contributed by atoms with E-state index in [0.717, 1.165) is 21.7 Å². The number of nitrogens with one attached hydrogen (secondary N) is 2. The Morgan fingerprint density at radius 2 is 1.78 bits per heavy atom. The van der Waals surface area contributed by atoms with Crippen LogP contribution in [0.5, 0.6) is 17.4 Å². The number of β-amino-alcohol motifs (C(OH)–C–C–N with tert-alkyl or cyclic N) is 1. The van der Waals surface area contributed by atoms with Crippen LogP contribution >= 0.6 is 22.9 Å². The number of benzene rings is 4. The maximum absolute atomic E-state index is 17.1. The first-order chi connectivity index (χ1) is 37.4. The number of hydrogen-bond acceptors (Lipinski definition) is 16. The fourth-order valence-electron chi connectivity index (χ4n) is 10.2. The Morgan fingerprint density at radius 1 is 1.01 bits per heavy atom. The van der Waals surface area contributed by atoms with E-state index in [0.29, 0.717) is 59.5 Å². The van der Waals surface area contributed by atoms with Gasteiger partial charge in [0, 0.05) is 88.7 Å². The molecule has 0 radical (unpaired) electrons. The van der Waals surface area contributed by atoms with Crippen molar-refractivity contribution in [2.45, 2.75) is 71.6 Å². The molecule has 5 heterocycles. The zero-order valence-corrected chi connectivity index (χ0v) is 46.0. The summed E-state index contributed by atoms with van der Waals surface area (Å²) >= 11 is 8.42. The van der Waals surface area contributed by atoms with Crippen LogP contribution in [0.1, 0.15) is 69.5 Å². The zero-order chi connectivity index (χ0) is 55.5. The molecule has 4 amide bonds. The Labute approximate surface area is 459 Å². The standard InChI is InChI=1S/C56H62ClFN10O9S/c1-30(2)48(55(74)68-28-37(71)25-43(68)54(73)61-31(3)38-13-12-35(23-44(38)75-7)52-32(4)60-29-78-52)45-27-46(64-77-45)76-21-20-65(6)47(72)14-15-59-56-62-51-41(53(63-56)67-18-16-66(17-19-67)33(5)69)26-42(57)49(50(51)58)40-24-36(70)22-34-10-8-9-11-39(34)40/h8-13,22-24,26-27,29-31,37,43,48,70-71H,14-21,25,28H2,1-7H3,(H,61,73)(H,59,62,63)/t31-,37+,43-,48-/m0/s1. The number of amides is 4. The molecule has 4 atom stereocenters. The molecule has 0 spiro atoms. The molecule has 2 saturated heterocycles. The van der Waals surface area contributed by atoms with Crippen LogP contribution in [0.3, 0.4) is 0 Å². The van der Waals surface area contributed by atoms with E-state index in [-0.39, 0.29) is 96.3 Å². The lowest BCUT2D eigenvalue weighted by molar-refractivity contribution is -0.141. The minimum absolute atomic E-state index is 0.0126. The molecule has 22 heteroatoms. The number of fused-ring (bicyclic) bond motifs is 2. The van der Waals surface area contributed by atoms with Crippen molar-refractivity contribution in [2.24, 2.45) is 5.92 Å². The van der Waals surface area contributed by atoms with Crippen molar-refractivity contribution in [3.63, 3.8) is 0 Å². The monoisotopic (exact) mass is 1100 g/mol. The van der Waals surface area contributed by atoms with Crippen molar-refractivity contribution < 1.29 is 47.8 Å². The van der Waals surface area contributed by atoms with E-state index in [1.807, 2.05) is 75.1 Å². The number of phenolic OH excluding ortho intramolecular Hbond substituents is 1. The number of carbonyl (C=O) groups is 4. The predicted octanol–water partition coefficient (Wildman–Crippen LogP) is 7.96. The molecule has 0 aliphatic carbocycles. The molecule has 9 rings (SSSR count). The smallest absolute Gasteiger partial charge is 0.254 e. The lowest BCUT2D eigenvalue weighted by atomic mass is 9.91. The van der Waals surface area contributed by atoms with Crippen LogP contribution in [0.25, 0.3) is 43.2 Å². The van der Waals surface area contributed by atoms with Crippen molar-refractivity contribution in [1.82, 2.24) is 40.1 Å². The summed E-state index contributed by atoms with van der Waals surface area (Å²) in [6, 6.07) is 17.8. The third-order valence-corrected chi connectivity index (χ3v) is 15.7. The SMILES string of the molecule is COc1cc(-c2scnc2C)ccc1[C@H](C)NC(=O)[C@@H]1C[C@@H](O)CN1C(=O)[C@H](c1cc(OCCN(C)C(=O)CCNc2nc(N3CCN(C(C)=O)CC3)c3cc(Cl)c(-c4cc(O)cc5ccccc45)c(F)c3n2)no1)C(C)C. The summed E-state index contributed by atoms with van der Waals surface area (Å²) in [4.78, 5) is 75.2. The number of aromatic hydroxyl groups is 1. The fourth-order valence-corrected chi connectivity index (χ4v) is 11.3. The highest BCUT2D eigenvalue weighted by molar-refractivity contribution is 7.13. The number of anilines is 2. The van der Waals surface area contributed by atoms with Crippen molar-refractivity contribution in [3.05, 3.63) is 100 Å². The van der Waals surface area contributed by atoms with Crippen LogP contribution in [0.4, 0.5) is 16.2 Å². The number of ether oxygens (including phenoxy) is 2. The number of methoxy groups -OCH3 is 1. The highest BCUT2D eigenvalue weighted by Crippen LogP contribution is 2.43. The average molecular weight is 1110 g/mol. The highest BCUT2D eigenvalue weighted by atomic mass is 35.5. The summed E-state index contributed by atoms with van der Waals surface area (Å²) in [5, 5.41) is 33.5. The third kappa shape index (κ3) is 11.6. The van der Waals surface area contributed by atoms with Gasteiger partial charge in [0.15, 0.2) is 11.6 Å². The van der Waals surface area contributed by atoms with Gasteiger partial charge in [-0.15, -0.1) is 11.3 Å². The number of likely N-dealkylation sites (tertiary alicyclic amines) is 1. The number of halogens is 2. The fraction of sp³-hybridized carbons (Fsp3) is 0.393. The van der Waals surface area contributed by atoms with Crippen LogP contribution in [0.2, 0.25) is 5.02 Å². The molecule has 2 aliphatic heterocycles. The quantitative estimate of drug-likeness (QED) is 0.0639. The Kier molecular flexibility index (Phi) is 16.6. The molecule has 19 nitrogen and oxygen atoms in total. The summed E-state index contributed by atoms with van der Waals surface area (Å²) in [5.41, 5.74) is 4.83. The van der Waals surface area contributed by atoms with Crippen LogP contribution < -0.4 is 25.0 Å². The topological polar surface area (TPSA) is 229 Å². The van der Waals surface area contributed by atoms with Gasteiger partial charge in [0.05, 0.1) is 46.9 Å². The lowest BCUT2D eigenvalue weighted by Crippen LogP contribution is -2.48. The van der Waals surface area contributed by atoms with E-state index in [9.17, 15) is 29.4 Å². The number of thiazole rings is 1. The Balaban J connectivity index is 0.823. The van der Waals surface area contributed by atoms with Crippen molar-refractivity contribution >= 4 is 80.0 Å². The second kappa shape index (κ2) is 23.5. The van der Waals surface area contributed by atoms with Gasteiger partial charge in [-0.25, -0.2) is 14.4 Å². The summed E-state index contributed by atoms with van der Waals surface area (Å²) in [5.74, 6) is -1.63. The van der Waals surface area contributed by atoms with Gasteiger partial charge in [-0.1, -0.05) is 61.8 Å². The van der Waals surface area contributed by atoms with Crippen molar-refractivity contribution in [3.8, 4) is 38.9 Å². The second-order valence-corrected chi connectivity index (χ2v) is 21.3. The number of carbonyl (C=O) groups excluding carboxylic acids is 4. The van der Waals surface area contributed by atoms with Crippen LogP contribution in [0, 0.1) is 18.7 Å². The van der Waals surface area contributed by atoms with E-state index in [1.54, 1.807) is 36.7 Å². The van der Waals surface area contributed by atoms with Crippen LogP contribution in [-0.4, -0.2) is 147 Å². The molecule has 2 aliphatic rings. The first-order valence-corrected chi connectivity index (χ1v) is 27.0. The van der Waals surface area contributed by atoms with E-state index in [2.05, 4.69) is 25.8 Å². The van der Waals surface area contributed by atoms with Crippen LogP contribution in [-0.2, 0) is 19.2 Å². The number of aliphatic hydroxyl groups is 1. The van der Waals surface area contributed by atoms with Crippen molar-refractivity contribution in [1.29, 1.82) is 0 Å². The number of likely N-dealkylation sites (N-methyl/N-ethyl adjacent to an activating group) is 1. The molecule has 4 N–H and O–H groups in total. The third-order valence-electron chi connectivity index (χ3n) is 14.4. The maximum Gasteiger partial charge on any atom is 0.254 e. The molecule has 410 valence electrons. The van der Waals surface area contributed by atoms with E-state index in [4.69, 9.17) is 30.6 Å². The molecule has 0 saturated carbocycles. The van der Waals surface area contributed by atoms with E-state index >= 15 is 4.39 Å². The summed E-state index contributed by atoms with van der Waals surface area (Å²) in [6.07, 6.45) is -0.851. The number of aryl methyl sites for hydroxylation is 1. The van der Waals surface area contributed by atoms with Gasteiger partial charge in [-0.3, -0.25) is 19.2 Å². The summed E-state index contributed by atoms with van der Waals surface area (Å²) in [7, 11) is 3.19. The highest BCUT2D eigenvalue weighted by Gasteiger charge is 2.44. The Morgan fingerprint density at radius 3 is 2.50 bits per heavy atom. The zero-order valence-electron chi connectivity index (χ0n) is 44.4. The molecule has 0 unspecified atom stereocenters. The minimum Gasteiger partial charge on any atom is -0.508 e. The average Bonchev–Trinajstić information content (AvgIpc) is 4.24. The van der Waals surface area contributed by atoms with Gasteiger partial charge in [0.2, 0.25) is 29.6 Å². The number of piperazine rings is 1. The Bertz CT molecular complexity index is 3390. The van der Waals surface area contributed by atoms with Crippen molar-refractivity contribution in [2.75, 3.05) is 76.8 Å². The minimum atomic E-state index is -0.948. The van der Waals surface area contributed by atoms with Gasteiger partial charge in [0.1, 0.15) is 41.4 Å². The number of nitrogens with zero attached hydrogens (tertiary/aromatic N) is 8. The molecule has 0 bridgehead atoms. The molecule has 2 fully saturated rings. The van der Waals surface area contributed by atoms with Gasteiger partial charge in [-0.05, 0) is 71.1 Å². The predicted molar refractivity (Wildman–Crippen MR) is 295 cm³/mol. The van der Waals surface area contributed by atoms with Gasteiger partial charge >= 0.3 is 0 Å². The molecular weight excluding hydrogens is 1040 g/mol. The number of phenols is 1. The maximum atomic E-state index is 17.1. The largest absolute Gasteiger partial charge is 0.508 e. The molecular formula is C56H62ClFN10O9S. The van der Waals surface area contributed by atoms with E-state index < -0.39 is 41.7 Å². The van der Waals surface area contributed by atoms with Gasteiger partial charge in [-0.2, -0.15) is 4.98 Å². The molecule has 78 heavy (non-hydrogen) atoms. The lowest BCUT2D eigenvalue weighted by Gasteiger charge is -2.35. The number of aliphatic hydroxyl groups excluding tert-OH is 1. The van der Waals surface area contributed by atoms with Crippen LogP contribution in [0.15, 0.2) is 76.8 Å². The summed E-state index contributed by atoms with van der Waals surface area (Å²) < 4.78 is 34.4. The summed E-state index contributed by atoms with van der Waals surface area (Å²) in [6.45, 7) is 11.0. The number of aromatic nitrogens is 4. The Hall–Kier alpha value is -7.62. The molecule has 4 aromatic carbocycles. The van der Waals surface area contributed by atoms with Gasteiger partial charge < -0.3 is 54.4 Å². The first kappa shape index (κ1) is 55.1. The number of hydrogen-bond donors (Lipinski definition) is 4. The van der Waals surface area contributed by atoms with Gasteiger partial charge in [0.25, 0.3) is 5.88 Å².